The van der Waals surface area contributed by atoms with Crippen LogP contribution in [0.25, 0.3) is 11.0 Å². The molecule has 2 N–H and O–H groups in total. The number of nitrogens with one attached hydrogen (secondary N) is 1. The fraction of sp³-hybridized carbons (Fsp3) is 0.316. The van der Waals surface area contributed by atoms with Gasteiger partial charge in [0.25, 0.3) is 0 Å². The molecule has 0 radical (unpaired) electrons. The van der Waals surface area contributed by atoms with Gasteiger partial charge in [-0.1, -0.05) is 24.3 Å². The maximum absolute atomic E-state index is 12.9. The van der Waals surface area contributed by atoms with Crippen LogP contribution >= 0.6 is 0 Å². The second-order valence-corrected chi connectivity index (χ2v) is 6.16. The molecule has 4 nitrogen and oxygen atoms in total. The highest BCUT2D eigenvalue weighted by atomic mass is 19.1. The van der Waals surface area contributed by atoms with E-state index in [4.69, 9.17) is 0 Å². The number of rotatable bonds is 6. The maximum atomic E-state index is 12.9. The van der Waals surface area contributed by atoms with Crippen LogP contribution in [0.5, 0.6) is 0 Å². The molecule has 2 atom stereocenters. The molecule has 1 heterocycles. The van der Waals surface area contributed by atoms with Gasteiger partial charge in [-0.2, -0.15) is 0 Å². The van der Waals surface area contributed by atoms with Crippen LogP contribution in [0.15, 0.2) is 48.5 Å². The summed E-state index contributed by atoms with van der Waals surface area (Å²) in [6.07, 6.45) is -0.0659. The number of aliphatic hydroxyl groups is 1. The molecule has 0 aliphatic carbocycles. The molecule has 126 valence electrons. The summed E-state index contributed by atoms with van der Waals surface area (Å²) in [5, 5.41) is 13.7. The Balaban J connectivity index is 1.59. The minimum absolute atomic E-state index is 0.102. The molecule has 1 aromatic heterocycles. The topological polar surface area (TPSA) is 50.1 Å². The van der Waals surface area contributed by atoms with Gasteiger partial charge < -0.3 is 15.0 Å². The van der Waals surface area contributed by atoms with Crippen LogP contribution in [0.3, 0.4) is 0 Å². The molecule has 3 rings (SSSR count). The van der Waals surface area contributed by atoms with Gasteiger partial charge in [0, 0.05) is 13.1 Å². The number of halogens is 1. The molecule has 5 heteroatoms. The van der Waals surface area contributed by atoms with Crippen LogP contribution in [0.4, 0.5) is 4.39 Å². The molecule has 0 bridgehead atoms. The lowest BCUT2D eigenvalue weighted by molar-refractivity contribution is 0.153. The number of nitrogens with zero attached hydrogens (tertiary/aromatic N) is 2. The molecule has 0 saturated carbocycles. The van der Waals surface area contributed by atoms with E-state index in [0.29, 0.717) is 13.0 Å². The highest BCUT2D eigenvalue weighted by molar-refractivity contribution is 5.75. The largest absolute Gasteiger partial charge is 0.388 e. The minimum atomic E-state index is -0.617. The van der Waals surface area contributed by atoms with Crippen molar-refractivity contribution in [2.45, 2.75) is 32.0 Å². The predicted octanol–water partition coefficient (Wildman–Crippen LogP) is 3.31. The first-order valence-electron chi connectivity index (χ1n) is 8.12. The Bertz CT molecular complexity index is 813. The molecular formula is C19H22FN3O. The van der Waals surface area contributed by atoms with Crippen LogP contribution < -0.4 is 5.32 Å². The number of para-hydroxylation sites is 2. The van der Waals surface area contributed by atoms with Crippen molar-refractivity contribution in [3.63, 3.8) is 0 Å². The lowest BCUT2D eigenvalue weighted by Gasteiger charge is -2.18. The molecular weight excluding hydrogens is 305 g/mol. The third kappa shape index (κ3) is 3.63. The molecule has 2 aromatic carbocycles. The van der Waals surface area contributed by atoms with Gasteiger partial charge in [-0.3, -0.25) is 0 Å². The average molecular weight is 327 g/mol. The normalized spacial score (nSPS) is 14.0. The Labute approximate surface area is 141 Å². The van der Waals surface area contributed by atoms with Crippen molar-refractivity contribution in [1.82, 2.24) is 14.9 Å². The van der Waals surface area contributed by atoms with E-state index in [1.165, 1.54) is 12.1 Å². The molecule has 3 aromatic rings. The van der Waals surface area contributed by atoms with E-state index in [9.17, 15) is 9.50 Å². The zero-order valence-corrected chi connectivity index (χ0v) is 13.9. The van der Waals surface area contributed by atoms with Gasteiger partial charge in [0.15, 0.2) is 0 Å². The van der Waals surface area contributed by atoms with Gasteiger partial charge in [-0.15, -0.1) is 0 Å². The first kappa shape index (κ1) is 16.6. The standard InChI is InChI=1S/C19H22FN3O/c1-13(11-18(24)14-7-9-15(20)10-8-14)21-12-19-22-16-5-3-4-6-17(16)23(19)2/h3-10,13,18,21,24H,11-12H2,1-2H3/t13-,18+/m1/s1. The Morgan fingerprint density at radius 2 is 1.88 bits per heavy atom. The number of aryl methyl sites for hydroxylation is 1. The van der Waals surface area contributed by atoms with Crippen molar-refractivity contribution in [2.75, 3.05) is 0 Å². The van der Waals surface area contributed by atoms with E-state index in [1.807, 2.05) is 38.2 Å². The number of hydrogen-bond acceptors (Lipinski definition) is 3. The predicted molar refractivity (Wildman–Crippen MR) is 93.0 cm³/mol. The monoisotopic (exact) mass is 327 g/mol. The number of aliphatic hydroxyl groups excluding tert-OH is 1. The van der Waals surface area contributed by atoms with Crippen LogP contribution in [0.1, 0.15) is 30.8 Å². The minimum Gasteiger partial charge on any atom is -0.388 e. The van der Waals surface area contributed by atoms with Gasteiger partial charge in [0.1, 0.15) is 11.6 Å². The molecule has 0 fully saturated rings. The van der Waals surface area contributed by atoms with E-state index in [0.717, 1.165) is 22.4 Å². The molecule has 0 spiro atoms. The van der Waals surface area contributed by atoms with E-state index >= 15 is 0 Å². The van der Waals surface area contributed by atoms with Crippen molar-refractivity contribution in [3.05, 3.63) is 65.7 Å². The van der Waals surface area contributed by atoms with Crippen molar-refractivity contribution < 1.29 is 9.50 Å². The van der Waals surface area contributed by atoms with E-state index in [2.05, 4.69) is 14.9 Å². The average Bonchev–Trinajstić information content (AvgIpc) is 2.90. The maximum Gasteiger partial charge on any atom is 0.123 e. The number of imidazole rings is 1. The number of fused-ring (bicyclic) bond motifs is 1. The van der Waals surface area contributed by atoms with Crippen LogP contribution in [0.2, 0.25) is 0 Å². The Morgan fingerprint density at radius 1 is 1.17 bits per heavy atom. The molecule has 24 heavy (non-hydrogen) atoms. The summed E-state index contributed by atoms with van der Waals surface area (Å²) in [6.45, 7) is 2.65. The SMILES string of the molecule is C[C@H](C[C@H](O)c1ccc(F)cc1)NCc1nc2ccccc2n1C. The highest BCUT2D eigenvalue weighted by Gasteiger charge is 2.14. The summed E-state index contributed by atoms with van der Waals surface area (Å²) in [4.78, 5) is 4.63. The van der Waals surface area contributed by atoms with Gasteiger partial charge in [0.05, 0.1) is 23.7 Å². The smallest absolute Gasteiger partial charge is 0.123 e. The molecule has 0 aliphatic heterocycles. The summed E-state index contributed by atoms with van der Waals surface area (Å²) < 4.78 is 15.0. The zero-order valence-electron chi connectivity index (χ0n) is 13.9. The lowest BCUT2D eigenvalue weighted by Crippen LogP contribution is -2.28. The van der Waals surface area contributed by atoms with Crippen molar-refractivity contribution in [2.24, 2.45) is 7.05 Å². The van der Waals surface area contributed by atoms with Crippen molar-refractivity contribution in [3.8, 4) is 0 Å². The third-order valence-corrected chi connectivity index (χ3v) is 4.32. The van der Waals surface area contributed by atoms with Crippen LogP contribution in [-0.4, -0.2) is 20.7 Å². The number of benzene rings is 2. The zero-order chi connectivity index (χ0) is 17.1. The summed E-state index contributed by atoms with van der Waals surface area (Å²) >= 11 is 0. The van der Waals surface area contributed by atoms with Gasteiger partial charge >= 0.3 is 0 Å². The number of aromatic nitrogens is 2. The van der Waals surface area contributed by atoms with Gasteiger partial charge in [0.2, 0.25) is 0 Å². The molecule has 0 saturated heterocycles. The summed E-state index contributed by atoms with van der Waals surface area (Å²) in [5.41, 5.74) is 2.82. The van der Waals surface area contributed by atoms with Gasteiger partial charge in [-0.05, 0) is 43.2 Å². The Morgan fingerprint density at radius 3 is 2.58 bits per heavy atom. The van der Waals surface area contributed by atoms with E-state index < -0.39 is 6.10 Å². The first-order chi connectivity index (χ1) is 11.5. The molecule has 0 amide bonds. The van der Waals surface area contributed by atoms with Crippen LogP contribution in [-0.2, 0) is 13.6 Å². The summed E-state index contributed by atoms with van der Waals surface area (Å²) in [6, 6.07) is 14.1. The van der Waals surface area contributed by atoms with E-state index in [-0.39, 0.29) is 11.9 Å². The fourth-order valence-corrected chi connectivity index (χ4v) is 2.86. The lowest BCUT2D eigenvalue weighted by atomic mass is 10.0. The van der Waals surface area contributed by atoms with Crippen molar-refractivity contribution in [1.29, 1.82) is 0 Å². The highest BCUT2D eigenvalue weighted by Crippen LogP contribution is 2.19. The van der Waals surface area contributed by atoms with Crippen molar-refractivity contribution >= 4 is 11.0 Å². The second kappa shape index (κ2) is 7.11. The quantitative estimate of drug-likeness (QED) is 0.730. The summed E-state index contributed by atoms with van der Waals surface area (Å²) in [5.74, 6) is 0.665. The van der Waals surface area contributed by atoms with Crippen LogP contribution in [0, 0.1) is 5.82 Å². The number of hydrogen-bond donors (Lipinski definition) is 2. The molecule has 0 unspecified atom stereocenters. The first-order valence-corrected chi connectivity index (χ1v) is 8.12. The Kier molecular flexibility index (Phi) is 4.92. The Hall–Kier alpha value is -2.24. The van der Waals surface area contributed by atoms with E-state index in [1.54, 1.807) is 12.1 Å². The van der Waals surface area contributed by atoms with Gasteiger partial charge in [-0.25, -0.2) is 9.37 Å². The summed E-state index contributed by atoms with van der Waals surface area (Å²) in [7, 11) is 2.00. The second-order valence-electron chi connectivity index (χ2n) is 6.16. The molecule has 0 aliphatic rings. The fourth-order valence-electron chi connectivity index (χ4n) is 2.86. The third-order valence-electron chi connectivity index (χ3n) is 4.32.